The van der Waals surface area contributed by atoms with Crippen LogP contribution >= 0.6 is 0 Å². The van der Waals surface area contributed by atoms with Gasteiger partial charge in [-0.3, -0.25) is 9.97 Å². The van der Waals surface area contributed by atoms with E-state index >= 15 is 0 Å². The molecule has 0 saturated carbocycles. The van der Waals surface area contributed by atoms with E-state index in [0.29, 0.717) is 24.6 Å². The van der Waals surface area contributed by atoms with Crippen molar-refractivity contribution in [3.8, 4) is 11.5 Å². The molecule has 5 heteroatoms. The predicted octanol–water partition coefficient (Wildman–Crippen LogP) is 2.09. The van der Waals surface area contributed by atoms with E-state index in [4.69, 9.17) is 9.47 Å². The highest BCUT2D eigenvalue weighted by Gasteiger charge is 2.10. The average Bonchev–Trinajstić information content (AvgIpc) is 2.47. The van der Waals surface area contributed by atoms with Gasteiger partial charge in [-0.15, -0.1) is 0 Å². The van der Waals surface area contributed by atoms with Crippen LogP contribution in [-0.2, 0) is 13.1 Å². The van der Waals surface area contributed by atoms with Crippen molar-refractivity contribution >= 4 is 0 Å². The van der Waals surface area contributed by atoms with Crippen LogP contribution in [0.15, 0.2) is 30.5 Å². The zero-order valence-electron chi connectivity index (χ0n) is 12.0. The van der Waals surface area contributed by atoms with Crippen molar-refractivity contribution < 1.29 is 9.47 Å². The molecule has 0 aromatic carbocycles. The van der Waals surface area contributed by atoms with Gasteiger partial charge in [-0.2, -0.15) is 0 Å². The standard InChI is InChI=1S/C15H19N3O2/c1-11-5-4-6-12(18-11)9-16-10-13-15(20-3)14(19-2)7-8-17-13/h4-8,16H,9-10H2,1-3H3. The minimum absolute atomic E-state index is 0.593. The summed E-state index contributed by atoms with van der Waals surface area (Å²) in [6.07, 6.45) is 1.71. The molecule has 0 aliphatic heterocycles. The molecule has 5 nitrogen and oxygen atoms in total. The number of aromatic nitrogens is 2. The summed E-state index contributed by atoms with van der Waals surface area (Å²) in [5.41, 5.74) is 2.84. The SMILES string of the molecule is COc1ccnc(CNCc2cccc(C)n2)c1OC. The highest BCUT2D eigenvalue weighted by Crippen LogP contribution is 2.28. The van der Waals surface area contributed by atoms with Crippen molar-refractivity contribution in [2.75, 3.05) is 14.2 Å². The monoisotopic (exact) mass is 273 g/mol. The summed E-state index contributed by atoms with van der Waals surface area (Å²) in [7, 11) is 3.23. The number of aryl methyl sites for hydroxylation is 1. The first kappa shape index (κ1) is 14.3. The molecule has 1 N–H and O–H groups in total. The Balaban J connectivity index is 2.01. The van der Waals surface area contributed by atoms with Crippen LogP contribution in [0, 0.1) is 6.92 Å². The summed E-state index contributed by atoms with van der Waals surface area (Å²) in [4.78, 5) is 8.76. The third kappa shape index (κ3) is 3.45. The summed E-state index contributed by atoms with van der Waals surface area (Å²) in [5.74, 6) is 1.35. The Kier molecular flexibility index (Phi) is 4.90. The Labute approximate surface area is 119 Å². The van der Waals surface area contributed by atoms with Gasteiger partial charge in [-0.05, 0) is 19.1 Å². The predicted molar refractivity (Wildman–Crippen MR) is 76.9 cm³/mol. The Hall–Kier alpha value is -2.14. The Morgan fingerprint density at radius 2 is 1.95 bits per heavy atom. The molecule has 0 radical (unpaired) electrons. The smallest absolute Gasteiger partial charge is 0.183 e. The van der Waals surface area contributed by atoms with Crippen molar-refractivity contribution in [1.29, 1.82) is 0 Å². The Morgan fingerprint density at radius 3 is 2.65 bits per heavy atom. The van der Waals surface area contributed by atoms with Crippen LogP contribution in [0.2, 0.25) is 0 Å². The third-order valence-corrected chi connectivity index (χ3v) is 2.91. The Morgan fingerprint density at radius 1 is 1.10 bits per heavy atom. The number of pyridine rings is 2. The van der Waals surface area contributed by atoms with Gasteiger partial charge in [-0.1, -0.05) is 6.07 Å². The van der Waals surface area contributed by atoms with E-state index in [2.05, 4.69) is 15.3 Å². The quantitative estimate of drug-likeness (QED) is 0.873. The fourth-order valence-corrected chi connectivity index (χ4v) is 1.98. The highest BCUT2D eigenvalue weighted by molar-refractivity contribution is 5.42. The van der Waals surface area contributed by atoms with E-state index in [1.807, 2.05) is 25.1 Å². The van der Waals surface area contributed by atoms with E-state index in [0.717, 1.165) is 17.1 Å². The molecular weight excluding hydrogens is 254 g/mol. The van der Waals surface area contributed by atoms with E-state index in [9.17, 15) is 0 Å². The van der Waals surface area contributed by atoms with Gasteiger partial charge in [0, 0.05) is 31.0 Å². The molecule has 20 heavy (non-hydrogen) atoms. The number of rotatable bonds is 6. The summed E-state index contributed by atoms with van der Waals surface area (Å²) < 4.78 is 10.6. The second-order valence-electron chi connectivity index (χ2n) is 4.37. The molecule has 0 bridgehead atoms. The van der Waals surface area contributed by atoms with Gasteiger partial charge in [0.2, 0.25) is 0 Å². The maximum Gasteiger partial charge on any atom is 0.183 e. The highest BCUT2D eigenvalue weighted by atomic mass is 16.5. The number of hydrogen-bond acceptors (Lipinski definition) is 5. The zero-order valence-corrected chi connectivity index (χ0v) is 12.0. The lowest BCUT2D eigenvalue weighted by atomic mass is 10.2. The lowest BCUT2D eigenvalue weighted by molar-refractivity contribution is 0.348. The topological polar surface area (TPSA) is 56.3 Å². The maximum absolute atomic E-state index is 5.35. The number of ether oxygens (including phenoxy) is 2. The van der Waals surface area contributed by atoms with Crippen molar-refractivity contribution in [1.82, 2.24) is 15.3 Å². The van der Waals surface area contributed by atoms with Crippen LogP contribution in [0.1, 0.15) is 17.1 Å². The average molecular weight is 273 g/mol. The van der Waals surface area contributed by atoms with Crippen molar-refractivity contribution in [2.24, 2.45) is 0 Å². The maximum atomic E-state index is 5.35. The molecule has 0 unspecified atom stereocenters. The first-order valence-electron chi connectivity index (χ1n) is 6.43. The normalized spacial score (nSPS) is 10.3. The zero-order chi connectivity index (χ0) is 14.4. The number of nitrogens with one attached hydrogen (secondary N) is 1. The number of nitrogens with zero attached hydrogens (tertiary/aromatic N) is 2. The molecule has 0 atom stereocenters. The molecule has 0 saturated heterocycles. The molecule has 2 rings (SSSR count). The van der Waals surface area contributed by atoms with Gasteiger partial charge in [0.1, 0.15) is 0 Å². The second-order valence-corrected chi connectivity index (χ2v) is 4.37. The van der Waals surface area contributed by atoms with Crippen LogP contribution in [-0.4, -0.2) is 24.2 Å². The van der Waals surface area contributed by atoms with E-state index in [-0.39, 0.29) is 0 Å². The fraction of sp³-hybridized carbons (Fsp3) is 0.333. The van der Waals surface area contributed by atoms with E-state index in [1.54, 1.807) is 26.5 Å². The van der Waals surface area contributed by atoms with Gasteiger partial charge in [-0.25, -0.2) is 0 Å². The van der Waals surface area contributed by atoms with Crippen LogP contribution in [0.25, 0.3) is 0 Å². The summed E-state index contributed by atoms with van der Waals surface area (Å²) >= 11 is 0. The van der Waals surface area contributed by atoms with Crippen molar-refractivity contribution in [3.05, 3.63) is 47.5 Å². The van der Waals surface area contributed by atoms with E-state index < -0.39 is 0 Å². The minimum atomic E-state index is 0.593. The van der Waals surface area contributed by atoms with Crippen LogP contribution < -0.4 is 14.8 Å². The summed E-state index contributed by atoms with van der Waals surface area (Å²) in [5, 5.41) is 3.31. The fourth-order valence-electron chi connectivity index (χ4n) is 1.98. The second kappa shape index (κ2) is 6.86. The molecule has 0 amide bonds. The lowest BCUT2D eigenvalue weighted by Crippen LogP contribution is -2.15. The van der Waals surface area contributed by atoms with Crippen molar-refractivity contribution in [3.63, 3.8) is 0 Å². The third-order valence-electron chi connectivity index (χ3n) is 2.91. The molecule has 0 fully saturated rings. The van der Waals surface area contributed by atoms with Crippen LogP contribution in [0.4, 0.5) is 0 Å². The Bertz CT molecular complexity index is 573. The van der Waals surface area contributed by atoms with Crippen LogP contribution in [0.5, 0.6) is 11.5 Å². The minimum Gasteiger partial charge on any atom is -0.493 e. The molecule has 2 aromatic rings. The van der Waals surface area contributed by atoms with Gasteiger partial charge in [0.15, 0.2) is 11.5 Å². The van der Waals surface area contributed by atoms with Gasteiger partial charge < -0.3 is 14.8 Å². The lowest BCUT2D eigenvalue weighted by Gasteiger charge is -2.12. The molecule has 0 spiro atoms. The molecular formula is C15H19N3O2. The van der Waals surface area contributed by atoms with Gasteiger partial charge >= 0.3 is 0 Å². The number of methoxy groups -OCH3 is 2. The molecule has 0 aliphatic carbocycles. The molecule has 2 aromatic heterocycles. The molecule has 106 valence electrons. The molecule has 0 aliphatic rings. The van der Waals surface area contributed by atoms with Gasteiger partial charge in [0.25, 0.3) is 0 Å². The number of hydrogen-bond donors (Lipinski definition) is 1. The van der Waals surface area contributed by atoms with E-state index in [1.165, 1.54) is 0 Å². The first-order valence-corrected chi connectivity index (χ1v) is 6.43. The largest absolute Gasteiger partial charge is 0.493 e. The summed E-state index contributed by atoms with van der Waals surface area (Å²) in [6, 6.07) is 7.76. The first-order chi connectivity index (χ1) is 9.74. The van der Waals surface area contributed by atoms with Gasteiger partial charge in [0.05, 0.1) is 25.6 Å². The molecule has 2 heterocycles. The van der Waals surface area contributed by atoms with Crippen LogP contribution in [0.3, 0.4) is 0 Å². The summed E-state index contributed by atoms with van der Waals surface area (Å²) in [6.45, 7) is 3.26. The van der Waals surface area contributed by atoms with Crippen molar-refractivity contribution in [2.45, 2.75) is 20.0 Å².